The van der Waals surface area contributed by atoms with Gasteiger partial charge < -0.3 is 10.4 Å². The number of hydrogen-bond donors (Lipinski definition) is 2. The number of aromatic hydroxyl groups is 1. The highest BCUT2D eigenvalue weighted by Gasteiger charge is 2.20. The molecule has 0 unspecified atom stereocenters. The molecule has 0 aliphatic rings. The van der Waals surface area contributed by atoms with Crippen LogP contribution in [0.25, 0.3) is 0 Å². The lowest BCUT2D eigenvalue weighted by Gasteiger charge is -2.10. The summed E-state index contributed by atoms with van der Waals surface area (Å²) in [6, 6.07) is 1.30. The van der Waals surface area contributed by atoms with Gasteiger partial charge in [-0.2, -0.15) is 0 Å². The molecule has 6 heteroatoms. The topological polar surface area (TPSA) is 49.3 Å². The molecule has 0 saturated heterocycles. The van der Waals surface area contributed by atoms with E-state index in [1.165, 1.54) is 6.07 Å². The first-order valence-electron chi connectivity index (χ1n) is 5.63. The van der Waals surface area contributed by atoms with Crippen LogP contribution in [-0.4, -0.2) is 17.6 Å². The number of benzene rings is 1. The van der Waals surface area contributed by atoms with E-state index in [2.05, 4.69) is 12.2 Å². The van der Waals surface area contributed by atoms with E-state index in [0.717, 1.165) is 19.3 Å². The number of rotatable bonds is 5. The lowest BCUT2D eigenvalue weighted by atomic mass is 10.1. The zero-order chi connectivity index (χ0) is 13.7. The molecule has 0 saturated carbocycles. The van der Waals surface area contributed by atoms with E-state index in [1.54, 1.807) is 0 Å². The van der Waals surface area contributed by atoms with Crippen LogP contribution < -0.4 is 5.32 Å². The van der Waals surface area contributed by atoms with Gasteiger partial charge in [0, 0.05) is 6.54 Å². The molecule has 0 radical (unpaired) electrons. The fourth-order valence-electron chi connectivity index (χ4n) is 1.46. The molecule has 1 aromatic rings. The van der Waals surface area contributed by atoms with Gasteiger partial charge in [0.15, 0.2) is 0 Å². The van der Waals surface area contributed by atoms with Crippen molar-refractivity contribution in [2.75, 3.05) is 6.54 Å². The monoisotopic (exact) mass is 309 g/mol. The van der Waals surface area contributed by atoms with Gasteiger partial charge in [0.1, 0.15) is 11.3 Å². The smallest absolute Gasteiger partial charge is 0.256 e. The third-order valence-electron chi connectivity index (χ3n) is 2.44. The first-order valence-corrected chi connectivity index (χ1v) is 6.77. The Labute approximate surface area is 121 Å². The minimum Gasteiger partial charge on any atom is -0.505 e. The molecule has 1 amide bonds. The molecule has 0 aromatic heterocycles. The van der Waals surface area contributed by atoms with Crippen molar-refractivity contribution >= 4 is 40.7 Å². The van der Waals surface area contributed by atoms with Gasteiger partial charge in [0.25, 0.3) is 5.91 Å². The zero-order valence-corrected chi connectivity index (χ0v) is 12.2. The Balaban J connectivity index is 2.85. The van der Waals surface area contributed by atoms with E-state index in [0.29, 0.717) is 6.54 Å². The molecule has 2 N–H and O–H groups in total. The van der Waals surface area contributed by atoms with Crippen LogP contribution in [0.4, 0.5) is 0 Å². The second-order valence-electron chi connectivity index (χ2n) is 3.84. The Morgan fingerprint density at radius 1 is 1.28 bits per heavy atom. The van der Waals surface area contributed by atoms with Gasteiger partial charge in [-0.25, -0.2) is 0 Å². The number of carbonyl (C=O) groups is 1. The Hall–Kier alpha value is -0.640. The molecule has 0 aliphatic heterocycles. The van der Waals surface area contributed by atoms with E-state index in [4.69, 9.17) is 34.8 Å². The molecule has 0 atom stereocenters. The molecule has 100 valence electrons. The van der Waals surface area contributed by atoms with Crippen LogP contribution in [-0.2, 0) is 0 Å². The average molecular weight is 311 g/mol. The molecule has 0 spiro atoms. The van der Waals surface area contributed by atoms with Gasteiger partial charge in [0.05, 0.1) is 15.1 Å². The molecule has 0 heterocycles. The van der Waals surface area contributed by atoms with E-state index in [-0.39, 0.29) is 26.4 Å². The summed E-state index contributed by atoms with van der Waals surface area (Å²) in [7, 11) is 0. The van der Waals surface area contributed by atoms with Crippen molar-refractivity contribution in [3.8, 4) is 5.75 Å². The van der Waals surface area contributed by atoms with Crippen LogP contribution in [0, 0.1) is 0 Å². The summed E-state index contributed by atoms with van der Waals surface area (Å²) in [5.74, 6) is -0.822. The third-order valence-corrected chi connectivity index (χ3v) is 3.51. The summed E-state index contributed by atoms with van der Waals surface area (Å²) in [5, 5.41) is 12.6. The maximum atomic E-state index is 11.9. The second kappa shape index (κ2) is 7.07. The standard InChI is InChI=1S/C12H14Cl3NO2/c1-2-3-4-5-16-12(18)9-10(15)7(13)6-8(14)11(9)17/h6,17H,2-5H2,1H3,(H,16,18). The predicted molar refractivity (Wildman–Crippen MR) is 75.0 cm³/mol. The highest BCUT2D eigenvalue weighted by molar-refractivity contribution is 6.45. The van der Waals surface area contributed by atoms with Gasteiger partial charge in [-0.1, -0.05) is 54.6 Å². The average Bonchev–Trinajstić information content (AvgIpc) is 2.32. The predicted octanol–water partition coefficient (Wildman–Crippen LogP) is 4.27. The largest absolute Gasteiger partial charge is 0.505 e. The molecular formula is C12H14Cl3NO2. The Bertz CT molecular complexity index is 423. The number of hydrogen-bond acceptors (Lipinski definition) is 2. The molecule has 0 bridgehead atoms. The highest BCUT2D eigenvalue weighted by Crippen LogP contribution is 2.38. The van der Waals surface area contributed by atoms with Gasteiger partial charge >= 0.3 is 0 Å². The fourth-order valence-corrected chi connectivity index (χ4v) is 2.15. The fraction of sp³-hybridized carbons (Fsp3) is 0.417. The first kappa shape index (κ1) is 15.4. The van der Waals surface area contributed by atoms with Crippen molar-refractivity contribution in [1.29, 1.82) is 0 Å². The highest BCUT2D eigenvalue weighted by atomic mass is 35.5. The van der Waals surface area contributed by atoms with Gasteiger partial charge in [-0.15, -0.1) is 0 Å². The van der Waals surface area contributed by atoms with Crippen LogP contribution >= 0.6 is 34.8 Å². The summed E-state index contributed by atoms with van der Waals surface area (Å²) in [4.78, 5) is 11.9. The van der Waals surface area contributed by atoms with Crippen molar-refractivity contribution in [2.24, 2.45) is 0 Å². The van der Waals surface area contributed by atoms with Gasteiger partial charge in [-0.05, 0) is 12.5 Å². The number of nitrogens with one attached hydrogen (secondary N) is 1. The first-order chi connectivity index (χ1) is 8.49. The number of phenols is 1. The minimum atomic E-state index is -0.474. The van der Waals surface area contributed by atoms with Crippen LogP contribution in [0.2, 0.25) is 15.1 Å². The van der Waals surface area contributed by atoms with Crippen molar-refractivity contribution < 1.29 is 9.90 Å². The van der Waals surface area contributed by atoms with Crippen LogP contribution in [0.5, 0.6) is 5.75 Å². The number of unbranched alkanes of at least 4 members (excludes halogenated alkanes) is 2. The normalized spacial score (nSPS) is 10.4. The number of phenolic OH excluding ortho intramolecular Hbond substituents is 1. The lowest BCUT2D eigenvalue weighted by Crippen LogP contribution is -2.25. The van der Waals surface area contributed by atoms with E-state index >= 15 is 0 Å². The third kappa shape index (κ3) is 3.67. The summed E-state index contributed by atoms with van der Waals surface area (Å²) in [6.45, 7) is 2.59. The van der Waals surface area contributed by atoms with Crippen molar-refractivity contribution in [2.45, 2.75) is 26.2 Å². The Kier molecular flexibility index (Phi) is 6.06. The van der Waals surface area contributed by atoms with E-state index in [1.807, 2.05) is 0 Å². The van der Waals surface area contributed by atoms with Gasteiger partial charge in [0.2, 0.25) is 0 Å². The SMILES string of the molecule is CCCCCNC(=O)c1c(O)c(Cl)cc(Cl)c1Cl. The summed E-state index contributed by atoms with van der Waals surface area (Å²) >= 11 is 17.5. The number of halogens is 3. The van der Waals surface area contributed by atoms with Crippen molar-refractivity contribution in [3.63, 3.8) is 0 Å². The molecule has 18 heavy (non-hydrogen) atoms. The Morgan fingerprint density at radius 2 is 1.94 bits per heavy atom. The van der Waals surface area contributed by atoms with Crippen LogP contribution in [0.3, 0.4) is 0 Å². The summed E-state index contributed by atoms with van der Waals surface area (Å²) < 4.78 is 0. The minimum absolute atomic E-state index is 0.00288. The zero-order valence-electron chi connectivity index (χ0n) is 9.90. The van der Waals surface area contributed by atoms with Crippen LogP contribution in [0.1, 0.15) is 36.5 Å². The van der Waals surface area contributed by atoms with Crippen LogP contribution in [0.15, 0.2) is 6.07 Å². The Morgan fingerprint density at radius 3 is 2.56 bits per heavy atom. The second-order valence-corrected chi connectivity index (χ2v) is 5.03. The molecular weight excluding hydrogens is 296 g/mol. The molecule has 0 aliphatic carbocycles. The maximum Gasteiger partial charge on any atom is 0.256 e. The number of amides is 1. The van der Waals surface area contributed by atoms with Gasteiger partial charge in [-0.3, -0.25) is 4.79 Å². The molecule has 1 rings (SSSR count). The maximum absolute atomic E-state index is 11.9. The van der Waals surface area contributed by atoms with Crippen molar-refractivity contribution in [1.82, 2.24) is 5.32 Å². The number of carbonyl (C=O) groups excluding carboxylic acids is 1. The van der Waals surface area contributed by atoms with E-state index in [9.17, 15) is 9.90 Å². The summed E-state index contributed by atoms with van der Waals surface area (Å²) in [5.41, 5.74) is -0.0781. The van der Waals surface area contributed by atoms with Crippen molar-refractivity contribution in [3.05, 3.63) is 26.7 Å². The quantitative estimate of drug-likeness (QED) is 0.630. The molecule has 3 nitrogen and oxygen atoms in total. The van der Waals surface area contributed by atoms with E-state index < -0.39 is 5.91 Å². The lowest BCUT2D eigenvalue weighted by molar-refractivity contribution is 0.0950. The molecule has 1 aromatic carbocycles. The molecule has 0 fully saturated rings. The summed E-state index contributed by atoms with van der Waals surface area (Å²) in [6.07, 6.45) is 2.95.